The minimum Gasteiger partial charge on any atom is -0.497 e. The van der Waals surface area contributed by atoms with Gasteiger partial charge in [0.15, 0.2) is 5.13 Å². The zero-order valence-electron chi connectivity index (χ0n) is 15.6. The molecule has 7 nitrogen and oxygen atoms in total. The van der Waals surface area contributed by atoms with Crippen molar-refractivity contribution >= 4 is 28.0 Å². The SMILES string of the molecule is COc1ccc(OC)c(-c2csc(NC(=O)c3ccn4cc(C)nc4c3)n2)c1. The second-order valence-electron chi connectivity index (χ2n) is 6.12. The number of carbonyl (C=O) groups excluding carboxylic acids is 1. The minimum atomic E-state index is -0.235. The molecule has 0 fully saturated rings. The molecular weight excluding hydrogens is 376 g/mol. The number of hydrogen-bond acceptors (Lipinski definition) is 6. The number of nitrogens with one attached hydrogen (secondary N) is 1. The molecule has 0 unspecified atom stereocenters. The van der Waals surface area contributed by atoms with Gasteiger partial charge in [-0.3, -0.25) is 10.1 Å². The summed E-state index contributed by atoms with van der Waals surface area (Å²) in [5.41, 5.74) is 3.65. The number of fused-ring (bicyclic) bond motifs is 1. The van der Waals surface area contributed by atoms with Crippen LogP contribution in [-0.2, 0) is 0 Å². The minimum absolute atomic E-state index is 0.235. The summed E-state index contributed by atoms with van der Waals surface area (Å²) in [6.07, 6.45) is 3.73. The fourth-order valence-electron chi connectivity index (χ4n) is 2.89. The Hall–Kier alpha value is -3.39. The quantitative estimate of drug-likeness (QED) is 0.553. The molecule has 0 saturated carbocycles. The van der Waals surface area contributed by atoms with E-state index in [1.165, 1.54) is 11.3 Å². The molecule has 1 amide bonds. The van der Waals surface area contributed by atoms with Crippen molar-refractivity contribution in [1.82, 2.24) is 14.4 Å². The Labute approximate surface area is 165 Å². The van der Waals surface area contributed by atoms with E-state index in [1.54, 1.807) is 26.4 Å². The predicted molar refractivity (Wildman–Crippen MR) is 109 cm³/mol. The zero-order valence-corrected chi connectivity index (χ0v) is 16.4. The molecule has 0 atom stereocenters. The molecular formula is C20H18N4O3S. The normalized spacial score (nSPS) is 10.8. The van der Waals surface area contributed by atoms with Crippen molar-refractivity contribution in [2.45, 2.75) is 6.92 Å². The van der Waals surface area contributed by atoms with E-state index in [9.17, 15) is 4.79 Å². The maximum atomic E-state index is 12.6. The van der Waals surface area contributed by atoms with E-state index >= 15 is 0 Å². The summed E-state index contributed by atoms with van der Waals surface area (Å²) in [5, 5.41) is 5.22. The second kappa shape index (κ2) is 7.32. The van der Waals surface area contributed by atoms with Gasteiger partial charge >= 0.3 is 0 Å². The third kappa shape index (κ3) is 3.41. The molecule has 0 bridgehead atoms. The summed E-state index contributed by atoms with van der Waals surface area (Å²) in [6, 6.07) is 9.01. The number of carbonyl (C=O) groups is 1. The smallest absolute Gasteiger partial charge is 0.257 e. The van der Waals surface area contributed by atoms with Gasteiger partial charge in [0.05, 0.1) is 25.6 Å². The number of anilines is 1. The van der Waals surface area contributed by atoms with Crippen molar-refractivity contribution in [3.8, 4) is 22.8 Å². The standard InChI is InChI=1S/C20H18N4O3S/c1-12-10-24-7-6-13(8-18(24)21-12)19(25)23-20-22-16(11-28-20)15-9-14(26-2)4-5-17(15)27-3/h4-11H,1-3H3,(H,22,23,25). The predicted octanol–water partition coefficient (Wildman–Crippen LogP) is 4.04. The highest BCUT2D eigenvalue weighted by molar-refractivity contribution is 7.14. The molecule has 0 radical (unpaired) electrons. The van der Waals surface area contributed by atoms with Crippen LogP contribution in [0.5, 0.6) is 11.5 Å². The highest BCUT2D eigenvalue weighted by Crippen LogP contribution is 2.35. The summed E-state index contributed by atoms with van der Waals surface area (Å²) in [6.45, 7) is 1.91. The lowest BCUT2D eigenvalue weighted by Gasteiger charge is -2.08. The summed E-state index contributed by atoms with van der Waals surface area (Å²) in [7, 11) is 3.21. The number of imidazole rings is 1. The van der Waals surface area contributed by atoms with Gasteiger partial charge in [-0.2, -0.15) is 0 Å². The van der Waals surface area contributed by atoms with Gasteiger partial charge in [-0.05, 0) is 37.3 Å². The van der Waals surface area contributed by atoms with Crippen molar-refractivity contribution in [3.63, 3.8) is 0 Å². The Kier molecular flexibility index (Phi) is 4.70. The number of ether oxygens (including phenoxy) is 2. The Bertz CT molecular complexity index is 1170. The Morgan fingerprint density at radius 3 is 2.79 bits per heavy atom. The molecule has 3 aromatic heterocycles. The summed E-state index contributed by atoms with van der Waals surface area (Å²) < 4.78 is 12.6. The lowest BCUT2D eigenvalue weighted by Crippen LogP contribution is -2.12. The molecule has 1 N–H and O–H groups in total. The second-order valence-corrected chi connectivity index (χ2v) is 6.98. The van der Waals surface area contributed by atoms with Crippen LogP contribution in [0.4, 0.5) is 5.13 Å². The number of nitrogens with zero attached hydrogens (tertiary/aromatic N) is 3. The molecule has 0 aliphatic carbocycles. The third-order valence-corrected chi connectivity index (χ3v) is 5.01. The first-order chi connectivity index (χ1) is 13.6. The molecule has 0 aliphatic heterocycles. The van der Waals surface area contributed by atoms with Gasteiger partial charge in [-0.1, -0.05) is 0 Å². The molecule has 3 heterocycles. The van der Waals surface area contributed by atoms with Gasteiger partial charge in [0.25, 0.3) is 5.91 Å². The molecule has 0 saturated heterocycles. The number of hydrogen-bond donors (Lipinski definition) is 1. The van der Waals surface area contributed by atoms with Crippen molar-refractivity contribution < 1.29 is 14.3 Å². The Balaban J connectivity index is 1.58. The van der Waals surface area contributed by atoms with Crippen LogP contribution in [0.1, 0.15) is 16.1 Å². The van der Waals surface area contributed by atoms with Crippen LogP contribution in [0.25, 0.3) is 16.9 Å². The Morgan fingerprint density at radius 2 is 2.00 bits per heavy atom. The fraction of sp³-hybridized carbons (Fsp3) is 0.150. The molecule has 4 rings (SSSR count). The largest absolute Gasteiger partial charge is 0.497 e. The number of pyridine rings is 1. The summed E-state index contributed by atoms with van der Waals surface area (Å²) in [5.74, 6) is 1.16. The number of thiazole rings is 1. The van der Waals surface area contributed by atoms with E-state index in [4.69, 9.17) is 9.47 Å². The van der Waals surface area contributed by atoms with Gasteiger partial charge in [0, 0.05) is 28.9 Å². The van der Waals surface area contributed by atoms with Crippen molar-refractivity contribution in [2.75, 3.05) is 19.5 Å². The van der Waals surface area contributed by atoms with Gasteiger partial charge in [0.1, 0.15) is 17.1 Å². The average molecular weight is 394 g/mol. The van der Waals surface area contributed by atoms with Crippen LogP contribution >= 0.6 is 11.3 Å². The lowest BCUT2D eigenvalue weighted by atomic mass is 10.1. The van der Waals surface area contributed by atoms with E-state index in [0.717, 1.165) is 16.9 Å². The average Bonchev–Trinajstić information content (AvgIpc) is 3.32. The van der Waals surface area contributed by atoms with Crippen LogP contribution in [-0.4, -0.2) is 34.5 Å². The van der Waals surface area contributed by atoms with Gasteiger partial charge < -0.3 is 13.9 Å². The monoisotopic (exact) mass is 394 g/mol. The maximum Gasteiger partial charge on any atom is 0.257 e. The molecule has 8 heteroatoms. The first-order valence-corrected chi connectivity index (χ1v) is 9.40. The first kappa shape index (κ1) is 18.0. The Morgan fingerprint density at radius 1 is 1.14 bits per heavy atom. The van der Waals surface area contributed by atoms with E-state index in [-0.39, 0.29) is 5.91 Å². The summed E-state index contributed by atoms with van der Waals surface area (Å²) >= 11 is 1.35. The van der Waals surface area contributed by atoms with E-state index in [0.29, 0.717) is 27.9 Å². The van der Waals surface area contributed by atoms with E-state index in [1.807, 2.05) is 47.3 Å². The van der Waals surface area contributed by atoms with Crippen LogP contribution in [0.15, 0.2) is 48.1 Å². The molecule has 0 spiro atoms. The molecule has 28 heavy (non-hydrogen) atoms. The number of benzene rings is 1. The number of aromatic nitrogens is 3. The number of aryl methyl sites for hydroxylation is 1. The lowest BCUT2D eigenvalue weighted by molar-refractivity contribution is 0.102. The van der Waals surface area contributed by atoms with Crippen molar-refractivity contribution in [2.24, 2.45) is 0 Å². The number of amides is 1. The molecule has 4 aromatic rings. The maximum absolute atomic E-state index is 12.6. The van der Waals surface area contributed by atoms with Crippen LogP contribution < -0.4 is 14.8 Å². The van der Waals surface area contributed by atoms with Crippen molar-refractivity contribution in [3.05, 3.63) is 59.4 Å². The third-order valence-electron chi connectivity index (χ3n) is 4.25. The topological polar surface area (TPSA) is 77.8 Å². The number of rotatable bonds is 5. The highest BCUT2D eigenvalue weighted by atomic mass is 32.1. The van der Waals surface area contributed by atoms with Crippen LogP contribution in [0.3, 0.4) is 0 Å². The van der Waals surface area contributed by atoms with Gasteiger partial charge in [-0.25, -0.2) is 9.97 Å². The molecule has 1 aromatic carbocycles. The van der Waals surface area contributed by atoms with Gasteiger partial charge in [0.2, 0.25) is 0 Å². The molecule has 0 aliphatic rings. The highest BCUT2D eigenvalue weighted by Gasteiger charge is 2.14. The summed E-state index contributed by atoms with van der Waals surface area (Å²) in [4.78, 5) is 21.5. The van der Waals surface area contributed by atoms with Crippen LogP contribution in [0, 0.1) is 6.92 Å². The van der Waals surface area contributed by atoms with Gasteiger partial charge in [-0.15, -0.1) is 11.3 Å². The van der Waals surface area contributed by atoms with E-state index in [2.05, 4.69) is 15.3 Å². The van der Waals surface area contributed by atoms with Crippen LogP contribution in [0.2, 0.25) is 0 Å². The number of methoxy groups -OCH3 is 2. The zero-order chi connectivity index (χ0) is 19.7. The van der Waals surface area contributed by atoms with E-state index < -0.39 is 0 Å². The first-order valence-electron chi connectivity index (χ1n) is 8.52. The fourth-order valence-corrected chi connectivity index (χ4v) is 3.59. The molecule has 142 valence electrons. The van der Waals surface area contributed by atoms with Crippen molar-refractivity contribution in [1.29, 1.82) is 0 Å².